The Morgan fingerprint density at radius 3 is 2.93 bits per heavy atom. The quantitative estimate of drug-likeness (QED) is 0.760. The predicted octanol–water partition coefficient (Wildman–Crippen LogP) is 1.69. The normalized spacial score (nSPS) is 10.5. The largest absolute Gasteiger partial charge is 0.399 e. The smallest absolute Gasteiger partial charge is 0.166 e. The van der Waals surface area contributed by atoms with Crippen LogP contribution < -0.4 is 5.73 Å². The molecule has 0 aliphatic heterocycles. The van der Waals surface area contributed by atoms with Crippen LogP contribution in [0.3, 0.4) is 0 Å². The Morgan fingerprint density at radius 2 is 2.27 bits per heavy atom. The highest BCUT2D eigenvalue weighted by atomic mass is 19.1. The first kappa shape index (κ1) is 9.64. The molecule has 0 aliphatic rings. The van der Waals surface area contributed by atoms with Gasteiger partial charge in [-0.15, -0.1) is 10.2 Å². The Labute approximate surface area is 86.6 Å². The van der Waals surface area contributed by atoms with E-state index in [0.717, 1.165) is 0 Å². The van der Waals surface area contributed by atoms with Crippen molar-refractivity contribution in [1.29, 1.82) is 0 Å². The number of nitrogens with two attached hydrogens (primary N) is 1. The van der Waals surface area contributed by atoms with Crippen molar-refractivity contribution in [3.8, 4) is 11.4 Å². The second-order valence-corrected chi connectivity index (χ2v) is 3.18. The van der Waals surface area contributed by atoms with Gasteiger partial charge in [0.15, 0.2) is 5.82 Å². The zero-order valence-electron chi connectivity index (χ0n) is 8.31. The lowest BCUT2D eigenvalue weighted by atomic mass is 10.2. The standard InChI is InChI=1S/C10H11FN4/c1-2-15-6-13-14-10(15)8-4-3-7(12)5-9(8)11/h3-6H,2,12H2,1H3. The number of benzene rings is 1. The summed E-state index contributed by atoms with van der Waals surface area (Å²) in [6.07, 6.45) is 1.57. The number of halogens is 1. The monoisotopic (exact) mass is 206 g/mol. The van der Waals surface area contributed by atoms with Crippen molar-refractivity contribution < 1.29 is 4.39 Å². The molecule has 2 N–H and O–H groups in total. The van der Waals surface area contributed by atoms with E-state index < -0.39 is 0 Å². The van der Waals surface area contributed by atoms with Gasteiger partial charge in [-0.3, -0.25) is 0 Å². The number of hydrogen-bond acceptors (Lipinski definition) is 3. The van der Waals surface area contributed by atoms with Crippen molar-refractivity contribution in [2.24, 2.45) is 0 Å². The number of aryl methyl sites for hydroxylation is 1. The number of anilines is 1. The maximum Gasteiger partial charge on any atom is 0.166 e. The lowest BCUT2D eigenvalue weighted by Gasteiger charge is -2.04. The van der Waals surface area contributed by atoms with Crippen LogP contribution in [0.15, 0.2) is 24.5 Å². The molecular formula is C10H11FN4. The molecule has 0 saturated carbocycles. The fraction of sp³-hybridized carbons (Fsp3) is 0.200. The van der Waals surface area contributed by atoms with E-state index in [1.165, 1.54) is 6.07 Å². The molecule has 0 fully saturated rings. The first-order valence-corrected chi connectivity index (χ1v) is 4.65. The Bertz CT molecular complexity index is 478. The van der Waals surface area contributed by atoms with E-state index in [1.54, 1.807) is 23.0 Å². The minimum atomic E-state index is -0.377. The SMILES string of the molecule is CCn1cnnc1-c1ccc(N)cc1F. The number of aromatic nitrogens is 3. The van der Waals surface area contributed by atoms with Crippen LogP contribution >= 0.6 is 0 Å². The molecule has 0 saturated heterocycles. The summed E-state index contributed by atoms with van der Waals surface area (Å²) in [7, 11) is 0. The van der Waals surface area contributed by atoms with E-state index in [4.69, 9.17) is 5.73 Å². The average molecular weight is 206 g/mol. The maximum absolute atomic E-state index is 13.6. The molecule has 2 rings (SSSR count). The molecule has 15 heavy (non-hydrogen) atoms. The van der Waals surface area contributed by atoms with Crippen LogP contribution in [-0.2, 0) is 6.54 Å². The summed E-state index contributed by atoms with van der Waals surface area (Å²) in [6, 6.07) is 4.54. The van der Waals surface area contributed by atoms with Crippen molar-refractivity contribution in [2.45, 2.75) is 13.5 Å². The molecule has 0 radical (unpaired) electrons. The molecule has 1 aromatic heterocycles. The van der Waals surface area contributed by atoms with Crippen LogP contribution in [0, 0.1) is 5.82 Å². The van der Waals surface area contributed by atoms with Gasteiger partial charge in [-0.25, -0.2) is 4.39 Å². The molecule has 0 amide bonds. The minimum Gasteiger partial charge on any atom is -0.399 e. The first-order valence-electron chi connectivity index (χ1n) is 4.65. The number of rotatable bonds is 2. The Kier molecular flexibility index (Phi) is 2.37. The van der Waals surface area contributed by atoms with E-state index >= 15 is 0 Å². The predicted molar refractivity (Wildman–Crippen MR) is 55.5 cm³/mol. The van der Waals surface area contributed by atoms with Crippen molar-refractivity contribution in [1.82, 2.24) is 14.8 Å². The zero-order chi connectivity index (χ0) is 10.8. The summed E-state index contributed by atoms with van der Waals surface area (Å²) < 4.78 is 15.3. The molecule has 1 aromatic carbocycles. The topological polar surface area (TPSA) is 56.7 Å². The highest BCUT2D eigenvalue weighted by Crippen LogP contribution is 2.22. The van der Waals surface area contributed by atoms with Crippen molar-refractivity contribution >= 4 is 5.69 Å². The summed E-state index contributed by atoms with van der Waals surface area (Å²) in [5.41, 5.74) is 6.29. The molecule has 0 atom stereocenters. The van der Waals surface area contributed by atoms with Crippen LogP contribution in [0.25, 0.3) is 11.4 Å². The summed E-state index contributed by atoms with van der Waals surface area (Å²) in [4.78, 5) is 0. The Morgan fingerprint density at radius 1 is 1.47 bits per heavy atom. The minimum absolute atomic E-state index is 0.377. The third kappa shape index (κ3) is 1.68. The van der Waals surface area contributed by atoms with Crippen LogP contribution in [0.5, 0.6) is 0 Å². The number of hydrogen-bond donors (Lipinski definition) is 1. The third-order valence-corrected chi connectivity index (χ3v) is 2.19. The molecular weight excluding hydrogens is 195 g/mol. The molecule has 0 bridgehead atoms. The second-order valence-electron chi connectivity index (χ2n) is 3.18. The molecule has 1 heterocycles. The molecule has 4 nitrogen and oxygen atoms in total. The maximum atomic E-state index is 13.6. The Hall–Kier alpha value is -1.91. The van der Waals surface area contributed by atoms with Crippen LogP contribution in [-0.4, -0.2) is 14.8 Å². The molecule has 2 aromatic rings. The van der Waals surface area contributed by atoms with Gasteiger partial charge >= 0.3 is 0 Å². The first-order chi connectivity index (χ1) is 7.22. The van der Waals surface area contributed by atoms with Gasteiger partial charge in [0.05, 0.1) is 5.56 Å². The lowest BCUT2D eigenvalue weighted by molar-refractivity contribution is 0.628. The number of nitrogens with zero attached hydrogens (tertiary/aromatic N) is 3. The van der Waals surface area contributed by atoms with Gasteiger partial charge in [0.25, 0.3) is 0 Å². The molecule has 0 aliphatic carbocycles. The van der Waals surface area contributed by atoms with Gasteiger partial charge in [-0.05, 0) is 25.1 Å². The summed E-state index contributed by atoms with van der Waals surface area (Å²) in [5, 5.41) is 7.63. The third-order valence-electron chi connectivity index (χ3n) is 2.19. The highest BCUT2D eigenvalue weighted by Gasteiger charge is 2.11. The van der Waals surface area contributed by atoms with Crippen LogP contribution in [0.1, 0.15) is 6.92 Å². The van der Waals surface area contributed by atoms with Crippen molar-refractivity contribution in [2.75, 3.05) is 5.73 Å². The van der Waals surface area contributed by atoms with E-state index in [9.17, 15) is 4.39 Å². The van der Waals surface area contributed by atoms with Gasteiger partial charge in [0.2, 0.25) is 0 Å². The Balaban J connectivity index is 2.54. The molecule has 78 valence electrons. The van der Waals surface area contributed by atoms with Crippen molar-refractivity contribution in [3.63, 3.8) is 0 Å². The summed E-state index contributed by atoms with van der Waals surface area (Å²) >= 11 is 0. The van der Waals surface area contributed by atoms with Crippen LogP contribution in [0.2, 0.25) is 0 Å². The van der Waals surface area contributed by atoms with Gasteiger partial charge in [0, 0.05) is 12.2 Å². The van der Waals surface area contributed by atoms with E-state index in [1.807, 2.05) is 6.92 Å². The van der Waals surface area contributed by atoms with Gasteiger partial charge < -0.3 is 10.3 Å². The zero-order valence-corrected chi connectivity index (χ0v) is 8.31. The average Bonchev–Trinajstić information content (AvgIpc) is 2.65. The molecule has 0 unspecified atom stereocenters. The van der Waals surface area contributed by atoms with E-state index in [2.05, 4.69) is 10.2 Å². The van der Waals surface area contributed by atoms with Gasteiger partial charge in [-0.2, -0.15) is 0 Å². The number of nitrogen functional groups attached to an aromatic ring is 1. The van der Waals surface area contributed by atoms with Gasteiger partial charge in [0.1, 0.15) is 12.1 Å². The molecule has 5 heteroatoms. The fourth-order valence-corrected chi connectivity index (χ4v) is 1.41. The van der Waals surface area contributed by atoms with E-state index in [0.29, 0.717) is 23.6 Å². The summed E-state index contributed by atoms with van der Waals surface area (Å²) in [6.45, 7) is 2.65. The fourth-order valence-electron chi connectivity index (χ4n) is 1.41. The van der Waals surface area contributed by atoms with E-state index in [-0.39, 0.29) is 5.82 Å². The van der Waals surface area contributed by atoms with Crippen LogP contribution in [0.4, 0.5) is 10.1 Å². The lowest BCUT2D eigenvalue weighted by Crippen LogP contribution is -1.98. The summed E-state index contributed by atoms with van der Waals surface area (Å²) in [5.74, 6) is 0.146. The highest BCUT2D eigenvalue weighted by molar-refractivity contribution is 5.59. The van der Waals surface area contributed by atoms with Gasteiger partial charge in [-0.1, -0.05) is 0 Å². The molecule has 0 spiro atoms. The van der Waals surface area contributed by atoms with Crippen molar-refractivity contribution in [3.05, 3.63) is 30.3 Å². The second kappa shape index (κ2) is 3.68.